The van der Waals surface area contributed by atoms with E-state index in [1.807, 2.05) is 0 Å². The second-order valence-corrected chi connectivity index (χ2v) is 5.42. The molecule has 1 atom stereocenters. The molecule has 15 heavy (non-hydrogen) atoms. The van der Waals surface area contributed by atoms with Gasteiger partial charge >= 0.3 is 5.97 Å². The number of nitrogens with two attached hydrogens (primary N) is 1. The summed E-state index contributed by atoms with van der Waals surface area (Å²) in [5.41, 5.74) is 5.10. The highest BCUT2D eigenvalue weighted by atomic mass is 16.4. The molecule has 0 spiro atoms. The minimum atomic E-state index is -0.669. The zero-order valence-electron chi connectivity index (χ0n) is 9.24. The first-order valence-corrected chi connectivity index (χ1v) is 6.10. The van der Waals surface area contributed by atoms with Crippen molar-refractivity contribution in [2.45, 2.75) is 44.9 Å². The fourth-order valence-electron chi connectivity index (χ4n) is 2.33. The predicted octanol–water partition coefficient (Wildman–Crippen LogP) is 2.01. The Morgan fingerprint density at radius 3 is 2.27 bits per heavy atom. The van der Waals surface area contributed by atoms with Gasteiger partial charge in [-0.15, -0.1) is 0 Å². The van der Waals surface area contributed by atoms with E-state index < -0.39 is 11.4 Å². The van der Waals surface area contributed by atoms with Crippen molar-refractivity contribution in [3.05, 3.63) is 0 Å². The van der Waals surface area contributed by atoms with E-state index in [1.165, 1.54) is 25.7 Å². The molecule has 0 aromatic carbocycles. The molecule has 0 saturated heterocycles. The lowest BCUT2D eigenvalue weighted by Gasteiger charge is -2.28. The molecule has 3 heteroatoms. The van der Waals surface area contributed by atoms with Gasteiger partial charge in [-0.2, -0.15) is 0 Å². The first-order valence-electron chi connectivity index (χ1n) is 6.10. The lowest BCUT2D eigenvalue weighted by molar-refractivity contribution is -0.149. The molecule has 1 unspecified atom stereocenters. The molecule has 2 fully saturated rings. The zero-order chi connectivity index (χ0) is 10.9. The van der Waals surface area contributed by atoms with Crippen molar-refractivity contribution in [1.29, 1.82) is 0 Å². The van der Waals surface area contributed by atoms with E-state index >= 15 is 0 Å². The summed E-state index contributed by atoms with van der Waals surface area (Å²) in [6.45, 7) is 0.311. The summed E-state index contributed by atoms with van der Waals surface area (Å²) in [5, 5.41) is 9.35. The monoisotopic (exact) mass is 211 g/mol. The molecule has 2 saturated carbocycles. The average molecular weight is 211 g/mol. The number of aliphatic carboxylic acids is 1. The Morgan fingerprint density at radius 1 is 1.27 bits per heavy atom. The van der Waals surface area contributed by atoms with Crippen LogP contribution in [0.25, 0.3) is 0 Å². The van der Waals surface area contributed by atoms with Gasteiger partial charge in [0.1, 0.15) is 0 Å². The Kier molecular flexibility index (Phi) is 3.01. The van der Waals surface area contributed by atoms with Gasteiger partial charge in [0.05, 0.1) is 5.41 Å². The molecule has 0 aromatic heterocycles. The number of hydrogen-bond donors (Lipinski definition) is 2. The molecule has 3 N–H and O–H groups in total. The van der Waals surface area contributed by atoms with Gasteiger partial charge in [-0.05, 0) is 31.1 Å². The predicted molar refractivity (Wildman–Crippen MR) is 58.4 cm³/mol. The first kappa shape index (κ1) is 10.9. The van der Waals surface area contributed by atoms with E-state index in [1.54, 1.807) is 0 Å². The molecule has 0 aliphatic heterocycles. The fourth-order valence-corrected chi connectivity index (χ4v) is 2.33. The van der Waals surface area contributed by atoms with E-state index in [4.69, 9.17) is 5.73 Å². The molecule has 0 bridgehead atoms. The van der Waals surface area contributed by atoms with E-state index in [0.29, 0.717) is 12.5 Å². The van der Waals surface area contributed by atoms with Crippen LogP contribution in [-0.4, -0.2) is 17.6 Å². The van der Waals surface area contributed by atoms with E-state index in [9.17, 15) is 9.90 Å². The van der Waals surface area contributed by atoms with Crippen LogP contribution in [0.4, 0.5) is 0 Å². The Labute approximate surface area is 91.0 Å². The van der Waals surface area contributed by atoms with Crippen molar-refractivity contribution in [3.8, 4) is 0 Å². The molecular formula is C12H21NO2. The Morgan fingerprint density at radius 2 is 1.87 bits per heavy atom. The highest BCUT2D eigenvalue weighted by Crippen LogP contribution is 2.45. The number of carbonyl (C=O) groups is 1. The molecule has 0 radical (unpaired) electrons. The van der Waals surface area contributed by atoms with Gasteiger partial charge in [-0.3, -0.25) is 4.79 Å². The third-order valence-electron chi connectivity index (χ3n) is 3.95. The largest absolute Gasteiger partial charge is 0.481 e. The van der Waals surface area contributed by atoms with E-state index in [-0.39, 0.29) is 0 Å². The molecule has 0 amide bonds. The van der Waals surface area contributed by atoms with Gasteiger partial charge in [0, 0.05) is 6.54 Å². The minimum absolute atomic E-state index is 0.311. The third kappa shape index (κ3) is 2.71. The van der Waals surface area contributed by atoms with Crippen LogP contribution in [0.3, 0.4) is 0 Å². The van der Waals surface area contributed by atoms with Crippen LogP contribution in [0.2, 0.25) is 0 Å². The molecule has 0 aromatic rings. The van der Waals surface area contributed by atoms with Crippen LogP contribution < -0.4 is 5.73 Å². The maximum atomic E-state index is 11.4. The lowest BCUT2D eigenvalue weighted by atomic mass is 9.78. The van der Waals surface area contributed by atoms with Crippen molar-refractivity contribution >= 4 is 5.97 Å². The molecule has 0 heterocycles. The Bertz CT molecular complexity index is 246. The molecule has 2 aliphatic rings. The molecule has 86 valence electrons. The maximum absolute atomic E-state index is 11.4. The number of carboxylic acids is 1. The van der Waals surface area contributed by atoms with Crippen LogP contribution in [-0.2, 0) is 4.79 Å². The smallest absolute Gasteiger partial charge is 0.310 e. The highest BCUT2D eigenvalue weighted by Gasteiger charge is 2.42. The van der Waals surface area contributed by atoms with Gasteiger partial charge < -0.3 is 10.8 Å². The fraction of sp³-hybridized carbons (Fsp3) is 0.917. The second kappa shape index (κ2) is 4.12. The normalized spacial score (nSPS) is 24.9. The number of carboxylic acid groups (broad SMARTS) is 1. The summed E-state index contributed by atoms with van der Waals surface area (Å²) in [6.07, 6.45) is 7.67. The molecule has 2 rings (SSSR count). The van der Waals surface area contributed by atoms with Gasteiger partial charge in [-0.25, -0.2) is 0 Å². The SMILES string of the molecule is NCC(CCC1CC1)(CC1CC1)C(=O)O. The second-order valence-electron chi connectivity index (χ2n) is 5.42. The zero-order valence-corrected chi connectivity index (χ0v) is 9.24. The van der Waals surface area contributed by atoms with Crippen molar-refractivity contribution in [2.75, 3.05) is 6.54 Å². The lowest BCUT2D eigenvalue weighted by Crippen LogP contribution is -2.39. The van der Waals surface area contributed by atoms with E-state index in [2.05, 4.69) is 0 Å². The molecule has 2 aliphatic carbocycles. The van der Waals surface area contributed by atoms with Crippen molar-refractivity contribution in [3.63, 3.8) is 0 Å². The maximum Gasteiger partial charge on any atom is 0.310 e. The Hall–Kier alpha value is -0.570. The van der Waals surface area contributed by atoms with Crippen LogP contribution in [0.15, 0.2) is 0 Å². The Balaban J connectivity index is 1.92. The van der Waals surface area contributed by atoms with Crippen LogP contribution in [0, 0.1) is 17.3 Å². The van der Waals surface area contributed by atoms with Gasteiger partial charge in [-0.1, -0.05) is 25.7 Å². The molecular weight excluding hydrogens is 190 g/mol. The van der Waals surface area contributed by atoms with Crippen LogP contribution in [0.5, 0.6) is 0 Å². The average Bonchev–Trinajstić information content (AvgIpc) is 3.06. The summed E-state index contributed by atoms with van der Waals surface area (Å²) in [4.78, 5) is 11.4. The quantitative estimate of drug-likeness (QED) is 0.677. The molecule has 3 nitrogen and oxygen atoms in total. The van der Waals surface area contributed by atoms with Gasteiger partial charge in [0.2, 0.25) is 0 Å². The number of hydrogen-bond acceptors (Lipinski definition) is 2. The third-order valence-corrected chi connectivity index (χ3v) is 3.95. The topological polar surface area (TPSA) is 63.3 Å². The number of rotatable bonds is 7. The summed E-state index contributed by atoms with van der Waals surface area (Å²) in [5.74, 6) is 0.774. The van der Waals surface area contributed by atoms with Crippen molar-refractivity contribution in [1.82, 2.24) is 0 Å². The van der Waals surface area contributed by atoms with Gasteiger partial charge in [0.15, 0.2) is 0 Å². The van der Waals surface area contributed by atoms with Crippen molar-refractivity contribution in [2.24, 2.45) is 23.0 Å². The highest BCUT2D eigenvalue weighted by molar-refractivity contribution is 5.75. The standard InChI is InChI=1S/C12H21NO2/c13-8-12(11(14)15,7-10-3-4-10)6-5-9-1-2-9/h9-10H,1-8,13H2,(H,14,15). The summed E-state index contributed by atoms with van der Waals surface area (Å²) >= 11 is 0. The van der Waals surface area contributed by atoms with Crippen LogP contribution in [0.1, 0.15) is 44.9 Å². The van der Waals surface area contributed by atoms with Gasteiger partial charge in [0.25, 0.3) is 0 Å². The minimum Gasteiger partial charge on any atom is -0.481 e. The van der Waals surface area contributed by atoms with E-state index in [0.717, 1.165) is 25.2 Å². The summed E-state index contributed by atoms with van der Waals surface area (Å²) < 4.78 is 0. The first-order chi connectivity index (χ1) is 7.16. The van der Waals surface area contributed by atoms with Crippen LogP contribution >= 0.6 is 0 Å². The summed E-state index contributed by atoms with van der Waals surface area (Å²) in [6, 6.07) is 0. The van der Waals surface area contributed by atoms with Crippen molar-refractivity contribution < 1.29 is 9.90 Å². The summed E-state index contributed by atoms with van der Waals surface area (Å²) in [7, 11) is 0.